The third-order valence-electron chi connectivity index (χ3n) is 6.74. The molecular formula is C24H37N5O3S. The number of nitrogens with zero attached hydrogens (tertiary/aromatic N) is 2. The van der Waals surface area contributed by atoms with E-state index in [1.165, 1.54) is 0 Å². The number of anilines is 1. The number of hydrogen-bond acceptors (Lipinski definition) is 6. The fraction of sp³-hybridized carbons (Fsp3) is 0.667. The third-order valence-corrected chi connectivity index (χ3v) is 7.69. The van der Waals surface area contributed by atoms with Crippen LogP contribution in [0.4, 0.5) is 10.5 Å². The van der Waals surface area contributed by atoms with Crippen molar-refractivity contribution in [2.75, 3.05) is 69.2 Å². The van der Waals surface area contributed by atoms with Gasteiger partial charge in [0.25, 0.3) is 0 Å². The van der Waals surface area contributed by atoms with Crippen LogP contribution in [0.3, 0.4) is 0 Å². The maximum atomic E-state index is 12.7. The molecule has 1 saturated carbocycles. The molecule has 2 saturated heterocycles. The van der Waals surface area contributed by atoms with Crippen LogP contribution >= 0.6 is 11.8 Å². The standard InChI is InChI=1S/C24H37N5O3S/c30-23(29-14-17-33-18-15-29)19-5-7-20(8-6-19)26-24(31)27-21-3-1-2-4-22(21)32-16-13-28-11-9-25-10-12-28/h1-4,19-20,25H,5-18H2,(H2,26,27,31). The van der Waals surface area contributed by atoms with Crippen LogP contribution in [-0.2, 0) is 4.79 Å². The van der Waals surface area contributed by atoms with Crippen LogP contribution in [0.5, 0.6) is 5.75 Å². The minimum absolute atomic E-state index is 0.103. The summed E-state index contributed by atoms with van der Waals surface area (Å²) in [6.45, 7) is 7.33. The lowest BCUT2D eigenvalue weighted by Gasteiger charge is -2.34. The predicted octanol–water partition coefficient (Wildman–Crippen LogP) is 2.23. The molecule has 1 aliphatic carbocycles. The molecule has 0 spiro atoms. The summed E-state index contributed by atoms with van der Waals surface area (Å²) < 4.78 is 5.98. The number of para-hydroxylation sites is 2. The van der Waals surface area contributed by atoms with Crippen molar-refractivity contribution in [1.82, 2.24) is 20.4 Å². The van der Waals surface area contributed by atoms with E-state index in [-0.39, 0.29) is 18.0 Å². The van der Waals surface area contributed by atoms with E-state index in [0.717, 1.165) is 83.0 Å². The van der Waals surface area contributed by atoms with E-state index in [9.17, 15) is 9.59 Å². The minimum Gasteiger partial charge on any atom is -0.490 e. The van der Waals surface area contributed by atoms with E-state index in [4.69, 9.17) is 4.74 Å². The third kappa shape index (κ3) is 7.25. The normalized spacial score (nSPS) is 24.2. The molecule has 4 rings (SSSR count). The number of carbonyl (C=O) groups excluding carboxylic acids is 2. The highest BCUT2D eigenvalue weighted by molar-refractivity contribution is 7.99. The predicted molar refractivity (Wildman–Crippen MR) is 133 cm³/mol. The molecule has 3 fully saturated rings. The van der Waals surface area contributed by atoms with E-state index in [1.54, 1.807) is 0 Å². The first-order valence-corrected chi connectivity index (χ1v) is 13.4. The number of ether oxygens (including phenoxy) is 1. The van der Waals surface area contributed by atoms with E-state index in [1.807, 2.05) is 40.9 Å². The molecule has 3 aliphatic rings. The lowest BCUT2D eigenvalue weighted by Crippen LogP contribution is -2.45. The van der Waals surface area contributed by atoms with Crippen LogP contribution in [0.2, 0.25) is 0 Å². The fourth-order valence-corrected chi connectivity index (χ4v) is 5.69. The molecule has 1 aromatic rings. The van der Waals surface area contributed by atoms with Gasteiger partial charge in [0, 0.05) is 69.3 Å². The number of thioether (sulfide) groups is 1. The lowest BCUT2D eigenvalue weighted by atomic mass is 9.85. The van der Waals surface area contributed by atoms with Gasteiger partial charge >= 0.3 is 6.03 Å². The zero-order chi connectivity index (χ0) is 22.9. The van der Waals surface area contributed by atoms with Crippen molar-refractivity contribution >= 4 is 29.4 Å². The summed E-state index contributed by atoms with van der Waals surface area (Å²) in [6.07, 6.45) is 3.38. The summed E-state index contributed by atoms with van der Waals surface area (Å²) in [5.41, 5.74) is 0.683. The number of piperazine rings is 1. The van der Waals surface area contributed by atoms with Crippen LogP contribution in [0.25, 0.3) is 0 Å². The summed E-state index contributed by atoms with van der Waals surface area (Å²) in [4.78, 5) is 29.8. The quantitative estimate of drug-likeness (QED) is 0.561. The second-order valence-electron chi connectivity index (χ2n) is 9.02. The number of nitrogens with one attached hydrogen (secondary N) is 3. The van der Waals surface area contributed by atoms with Gasteiger partial charge in [0.1, 0.15) is 12.4 Å². The van der Waals surface area contributed by atoms with Crippen LogP contribution in [0.15, 0.2) is 24.3 Å². The molecule has 0 unspecified atom stereocenters. The highest BCUT2D eigenvalue weighted by Crippen LogP contribution is 2.28. The van der Waals surface area contributed by atoms with Crippen molar-refractivity contribution in [1.29, 1.82) is 0 Å². The highest BCUT2D eigenvalue weighted by atomic mass is 32.2. The van der Waals surface area contributed by atoms with Crippen LogP contribution in [0.1, 0.15) is 25.7 Å². The molecule has 8 nitrogen and oxygen atoms in total. The van der Waals surface area contributed by atoms with Crippen LogP contribution in [-0.4, -0.2) is 91.7 Å². The topological polar surface area (TPSA) is 85.9 Å². The first-order chi connectivity index (χ1) is 16.2. The van der Waals surface area contributed by atoms with Gasteiger partial charge in [-0.05, 0) is 37.8 Å². The van der Waals surface area contributed by atoms with Gasteiger partial charge in [0.2, 0.25) is 5.91 Å². The Balaban J connectivity index is 1.19. The molecule has 3 amide bonds. The molecule has 2 aliphatic heterocycles. The molecule has 33 heavy (non-hydrogen) atoms. The Morgan fingerprint density at radius 2 is 1.76 bits per heavy atom. The first kappa shape index (κ1) is 24.2. The average molecular weight is 476 g/mol. The van der Waals surface area contributed by atoms with Crippen LogP contribution in [0, 0.1) is 5.92 Å². The summed E-state index contributed by atoms with van der Waals surface area (Å²) in [7, 11) is 0. The number of rotatable bonds is 7. The molecule has 0 radical (unpaired) electrons. The Bertz CT molecular complexity index is 775. The maximum Gasteiger partial charge on any atom is 0.319 e. The van der Waals surface area contributed by atoms with Gasteiger partial charge < -0.3 is 25.6 Å². The number of carbonyl (C=O) groups is 2. The zero-order valence-corrected chi connectivity index (χ0v) is 20.2. The van der Waals surface area contributed by atoms with Crippen molar-refractivity contribution < 1.29 is 14.3 Å². The van der Waals surface area contributed by atoms with Crippen molar-refractivity contribution in [3.05, 3.63) is 24.3 Å². The summed E-state index contributed by atoms with van der Waals surface area (Å²) in [5.74, 6) is 3.20. The van der Waals surface area contributed by atoms with Gasteiger partial charge in [0.15, 0.2) is 0 Å². The largest absolute Gasteiger partial charge is 0.490 e. The summed E-state index contributed by atoms with van der Waals surface area (Å²) in [5, 5.41) is 9.40. The second kappa shape index (κ2) is 12.5. The number of benzene rings is 1. The molecule has 0 bridgehead atoms. The molecule has 9 heteroatoms. The minimum atomic E-state index is -0.212. The Morgan fingerprint density at radius 1 is 1.03 bits per heavy atom. The number of hydrogen-bond donors (Lipinski definition) is 3. The van der Waals surface area contributed by atoms with Gasteiger partial charge in [-0.3, -0.25) is 9.69 Å². The smallest absolute Gasteiger partial charge is 0.319 e. The van der Waals surface area contributed by atoms with Gasteiger partial charge in [0.05, 0.1) is 5.69 Å². The SMILES string of the molecule is O=C(Nc1ccccc1OCCN1CCNCC1)NC1CCC(C(=O)N2CCSCC2)CC1. The van der Waals surface area contributed by atoms with E-state index in [0.29, 0.717) is 24.0 Å². The maximum absolute atomic E-state index is 12.7. The van der Waals surface area contributed by atoms with Gasteiger partial charge in [-0.1, -0.05) is 12.1 Å². The van der Waals surface area contributed by atoms with Crippen molar-refractivity contribution in [2.24, 2.45) is 5.92 Å². The van der Waals surface area contributed by atoms with Gasteiger partial charge in [-0.15, -0.1) is 0 Å². The van der Waals surface area contributed by atoms with Crippen molar-refractivity contribution in [3.63, 3.8) is 0 Å². The van der Waals surface area contributed by atoms with E-state index < -0.39 is 0 Å². The second-order valence-corrected chi connectivity index (χ2v) is 10.2. The summed E-state index contributed by atoms with van der Waals surface area (Å²) in [6, 6.07) is 7.47. The van der Waals surface area contributed by atoms with Crippen molar-refractivity contribution in [2.45, 2.75) is 31.7 Å². The molecule has 0 atom stereocenters. The molecule has 182 valence electrons. The monoisotopic (exact) mass is 475 g/mol. The number of urea groups is 1. The van der Waals surface area contributed by atoms with Crippen LogP contribution < -0.4 is 20.7 Å². The lowest BCUT2D eigenvalue weighted by molar-refractivity contribution is -0.136. The van der Waals surface area contributed by atoms with Gasteiger partial charge in [-0.25, -0.2) is 4.79 Å². The average Bonchev–Trinajstić information content (AvgIpc) is 2.86. The number of amides is 3. The Labute approximate surface area is 201 Å². The highest BCUT2D eigenvalue weighted by Gasteiger charge is 2.30. The first-order valence-electron chi connectivity index (χ1n) is 12.3. The molecule has 2 heterocycles. The van der Waals surface area contributed by atoms with E-state index >= 15 is 0 Å². The Hall–Kier alpha value is -1.97. The van der Waals surface area contributed by atoms with Crippen molar-refractivity contribution in [3.8, 4) is 5.75 Å². The molecule has 3 N–H and O–H groups in total. The zero-order valence-electron chi connectivity index (χ0n) is 19.4. The van der Waals surface area contributed by atoms with Gasteiger partial charge in [-0.2, -0.15) is 11.8 Å². The molecule has 1 aromatic carbocycles. The summed E-state index contributed by atoms with van der Waals surface area (Å²) >= 11 is 1.92. The molecule has 0 aromatic heterocycles. The van der Waals surface area contributed by atoms with E-state index in [2.05, 4.69) is 20.9 Å². The fourth-order valence-electron chi connectivity index (χ4n) is 4.79. The Kier molecular flexibility index (Phi) is 9.14. The Morgan fingerprint density at radius 3 is 2.52 bits per heavy atom. The molecular weight excluding hydrogens is 438 g/mol.